The Bertz CT molecular complexity index is 570. The summed E-state index contributed by atoms with van der Waals surface area (Å²) in [6.07, 6.45) is 0. The molecule has 6 heteroatoms. The van der Waals surface area contributed by atoms with Crippen LogP contribution in [0.3, 0.4) is 0 Å². The molecule has 0 saturated carbocycles. The molecule has 0 heterocycles. The number of hydrogen-bond acceptors (Lipinski definition) is 6. The van der Waals surface area contributed by atoms with Crippen molar-refractivity contribution < 1.29 is 10.2 Å². The minimum atomic E-state index is -0.130. The van der Waals surface area contributed by atoms with Crippen molar-refractivity contribution in [3.05, 3.63) is 24.3 Å². The average Bonchev–Trinajstić information content (AvgIpc) is 2.33. The predicted octanol–water partition coefficient (Wildman–Crippen LogP) is 1.09. The van der Waals surface area contributed by atoms with E-state index >= 15 is 0 Å². The van der Waals surface area contributed by atoms with Crippen molar-refractivity contribution in [1.82, 2.24) is 0 Å². The molecule has 0 aromatic heterocycles. The Labute approximate surface area is 103 Å². The first-order valence-electron chi connectivity index (χ1n) is 5.17. The van der Waals surface area contributed by atoms with Crippen molar-refractivity contribution in [3.8, 4) is 22.6 Å². The lowest BCUT2D eigenvalue weighted by Gasteiger charge is -2.15. The van der Waals surface area contributed by atoms with Crippen LogP contribution in [0, 0.1) is 0 Å². The summed E-state index contributed by atoms with van der Waals surface area (Å²) in [5, 5.41) is 19.7. The van der Waals surface area contributed by atoms with Crippen LogP contribution in [0.25, 0.3) is 11.1 Å². The van der Waals surface area contributed by atoms with Gasteiger partial charge in [0.2, 0.25) is 0 Å². The van der Waals surface area contributed by atoms with Gasteiger partial charge in [0.25, 0.3) is 0 Å². The van der Waals surface area contributed by atoms with Gasteiger partial charge in [-0.2, -0.15) is 0 Å². The molecule has 0 aliphatic rings. The van der Waals surface area contributed by atoms with Crippen LogP contribution in [-0.2, 0) is 0 Å². The molecule has 0 amide bonds. The van der Waals surface area contributed by atoms with Gasteiger partial charge in [0.1, 0.15) is 11.5 Å². The van der Waals surface area contributed by atoms with Gasteiger partial charge in [-0.3, -0.25) is 0 Å². The van der Waals surface area contributed by atoms with Gasteiger partial charge in [-0.1, -0.05) is 0 Å². The number of phenolic OH excluding ortho intramolecular Hbond substituents is 2. The second-order valence-electron chi connectivity index (χ2n) is 3.93. The van der Waals surface area contributed by atoms with Gasteiger partial charge < -0.3 is 33.1 Å². The molecular weight excluding hydrogens is 232 g/mol. The molecule has 0 fully saturated rings. The Morgan fingerprint density at radius 2 is 0.944 bits per heavy atom. The highest BCUT2D eigenvalue weighted by molar-refractivity contribution is 5.98. The summed E-state index contributed by atoms with van der Waals surface area (Å²) in [5.74, 6) is -0.261. The fraction of sp³-hybridized carbons (Fsp3) is 0. The van der Waals surface area contributed by atoms with Crippen LogP contribution in [0.1, 0.15) is 0 Å². The van der Waals surface area contributed by atoms with Crippen LogP contribution in [0.15, 0.2) is 24.3 Å². The van der Waals surface area contributed by atoms with E-state index in [2.05, 4.69) is 0 Å². The third kappa shape index (κ3) is 1.60. The van der Waals surface area contributed by atoms with Gasteiger partial charge >= 0.3 is 0 Å². The first-order chi connectivity index (χ1) is 8.43. The fourth-order valence-electron chi connectivity index (χ4n) is 1.77. The second-order valence-corrected chi connectivity index (χ2v) is 3.93. The Hall–Kier alpha value is -2.76. The number of nitrogen functional groups attached to an aromatic ring is 4. The molecule has 6 nitrogen and oxygen atoms in total. The number of rotatable bonds is 1. The number of hydrogen-bond donors (Lipinski definition) is 6. The average molecular weight is 246 g/mol. The summed E-state index contributed by atoms with van der Waals surface area (Å²) in [6, 6.07) is 5.69. The van der Waals surface area contributed by atoms with Crippen LogP contribution in [0.4, 0.5) is 22.7 Å². The van der Waals surface area contributed by atoms with Crippen molar-refractivity contribution in [2.75, 3.05) is 22.9 Å². The van der Waals surface area contributed by atoms with Gasteiger partial charge in [-0.15, -0.1) is 0 Å². The zero-order valence-corrected chi connectivity index (χ0v) is 9.51. The molecule has 18 heavy (non-hydrogen) atoms. The quantitative estimate of drug-likeness (QED) is 0.328. The second kappa shape index (κ2) is 3.92. The van der Waals surface area contributed by atoms with Crippen LogP contribution in [0.2, 0.25) is 0 Å². The van der Waals surface area contributed by atoms with Crippen molar-refractivity contribution in [2.24, 2.45) is 0 Å². The van der Waals surface area contributed by atoms with E-state index in [0.29, 0.717) is 0 Å². The van der Waals surface area contributed by atoms with Crippen molar-refractivity contribution in [2.45, 2.75) is 0 Å². The van der Waals surface area contributed by atoms with E-state index in [4.69, 9.17) is 22.9 Å². The first-order valence-corrected chi connectivity index (χ1v) is 5.17. The molecule has 94 valence electrons. The van der Waals surface area contributed by atoms with Gasteiger partial charge in [0.15, 0.2) is 0 Å². The topological polar surface area (TPSA) is 145 Å². The van der Waals surface area contributed by atoms with Gasteiger partial charge in [-0.25, -0.2) is 0 Å². The first kappa shape index (κ1) is 11.7. The van der Waals surface area contributed by atoms with Crippen LogP contribution in [-0.4, -0.2) is 10.2 Å². The summed E-state index contributed by atoms with van der Waals surface area (Å²) >= 11 is 0. The highest BCUT2D eigenvalue weighted by Gasteiger charge is 2.18. The molecule has 0 unspecified atom stereocenters. The van der Waals surface area contributed by atoms with E-state index in [1.54, 1.807) is 0 Å². The van der Waals surface area contributed by atoms with Gasteiger partial charge in [0.05, 0.1) is 33.9 Å². The molecule has 0 aliphatic carbocycles. The molecule has 0 bridgehead atoms. The molecule has 0 spiro atoms. The molecule has 2 aromatic carbocycles. The van der Waals surface area contributed by atoms with Crippen LogP contribution < -0.4 is 22.9 Å². The SMILES string of the molecule is Nc1ccc(O)c(-c2c(O)ccc(N)c2N)c1N. The summed E-state index contributed by atoms with van der Waals surface area (Å²) < 4.78 is 0. The van der Waals surface area contributed by atoms with Crippen molar-refractivity contribution >= 4 is 22.7 Å². The van der Waals surface area contributed by atoms with E-state index in [-0.39, 0.29) is 45.4 Å². The zero-order valence-electron chi connectivity index (χ0n) is 9.51. The smallest absolute Gasteiger partial charge is 0.125 e. The monoisotopic (exact) mass is 246 g/mol. The minimum Gasteiger partial charge on any atom is -0.507 e. The molecule has 0 radical (unpaired) electrons. The lowest BCUT2D eigenvalue weighted by molar-refractivity contribution is 0.469. The Kier molecular flexibility index (Phi) is 2.55. The summed E-state index contributed by atoms with van der Waals surface area (Å²) in [6.45, 7) is 0. The van der Waals surface area contributed by atoms with Crippen molar-refractivity contribution in [1.29, 1.82) is 0 Å². The third-order valence-electron chi connectivity index (χ3n) is 2.76. The lowest BCUT2D eigenvalue weighted by atomic mass is 9.98. The van der Waals surface area contributed by atoms with E-state index in [1.807, 2.05) is 0 Å². The maximum atomic E-state index is 9.87. The van der Waals surface area contributed by atoms with E-state index < -0.39 is 0 Å². The van der Waals surface area contributed by atoms with E-state index in [1.165, 1.54) is 24.3 Å². The highest BCUT2D eigenvalue weighted by atomic mass is 16.3. The molecule has 10 N–H and O–H groups in total. The maximum Gasteiger partial charge on any atom is 0.125 e. The fourth-order valence-corrected chi connectivity index (χ4v) is 1.77. The molecule has 0 atom stereocenters. The number of anilines is 4. The van der Waals surface area contributed by atoms with Crippen molar-refractivity contribution in [3.63, 3.8) is 0 Å². The maximum absolute atomic E-state index is 9.87. The van der Waals surface area contributed by atoms with Gasteiger partial charge in [0, 0.05) is 0 Å². The zero-order chi connectivity index (χ0) is 13.4. The molecule has 0 aliphatic heterocycles. The van der Waals surface area contributed by atoms with E-state index in [0.717, 1.165) is 0 Å². The summed E-state index contributed by atoms with van der Waals surface area (Å²) in [7, 11) is 0. The predicted molar refractivity (Wildman–Crippen MR) is 72.9 cm³/mol. The van der Waals surface area contributed by atoms with E-state index in [9.17, 15) is 10.2 Å². The Morgan fingerprint density at radius 3 is 1.28 bits per heavy atom. The normalized spacial score (nSPS) is 10.4. The molecule has 2 rings (SSSR count). The Morgan fingerprint density at radius 1 is 0.611 bits per heavy atom. The minimum absolute atomic E-state index is 0.130. The number of nitrogens with two attached hydrogens (primary N) is 4. The number of phenols is 2. The molecule has 0 saturated heterocycles. The highest BCUT2D eigenvalue weighted by Crippen LogP contribution is 2.46. The summed E-state index contributed by atoms with van der Waals surface area (Å²) in [5.41, 5.74) is 24.2. The molecule has 2 aromatic rings. The standard InChI is InChI=1S/C12H14N4O2/c13-5-1-3-7(17)9(11(5)15)10-8(18)4-2-6(14)12(10)16/h1-4,17-18H,13-16H2. The number of benzene rings is 2. The lowest BCUT2D eigenvalue weighted by Crippen LogP contribution is -2.01. The third-order valence-corrected chi connectivity index (χ3v) is 2.76. The number of aromatic hydroxyl groups is 2. The Balaban J connectivity index is 2.85. The van der Waals surface area contributed by atoms with Gasteiger partial charge in [-0.05, 0) is 24.3 Å². The largest absolute Gasteiger partial charge is 0.507 e. The molecular formula is C12H14N4O2. The summed E-state index contributed by atoms with van der Waals surface area (Å²) in [4.78, 5) is 0. The van der Waals surface area contributed by atoms with Crippen LogP contribution in [0.5, 0.6) is 11.5 Å². The van der Waals surface area contributed by atoms with Crippen LogP contribution >= 0.6 is 0 Å².